The lowest BCUT2D eigenvalue weighted by molar-refractivity contribution is 0.281. The number of nitrogens with zero attached hydrogens (tertiary/aromatic N) is 3. The van der Waals surface area contributed by atoms with Crippen LogP contribution >= 0.6 is 11.6 Å². The van der Waals surface area contributed by atoms with Crippen molar-refractivity contribution in [1.82, 2.24) is 14.4 Å². The van der Waals surface area contributed by atoms with Gasteiger partial charge in [-0.3, -0.25) is 4.98 Å². The van der Waals surface area contributed by atoms with Crippen LogP contribution in [0.15, 0.2) is 55.1 Å². The Morgan fingerprint density at radius 1 is 1.19 bits per heavy atom. The van der Waals surface area contributed by atoms with Crippen molar-refractivity contribution in [3.8, 4) is 28.1 Å². The average molecular weight is 381 g/mol. The molecule has 0 unspecified atom stereocenters. The summed E-state index contributed by atoms with van der Waals surface area (Å²) in [6.45, 7) is -0.142. The maximum atomic E-state index is 9.73. The Morgan fingerprint density at radius 3 is 2.78 bits per heavy atom. The minimum Gasteiger partial charge on any atom is -0.495 e. The van der Waals surface area contributed by atoms with Crippen LogP contribution in [0.5, 0.6) is 5.75 Å². The van der Waals surface area contributed by atoms with Gasteiger partial charge in [-0.05, 0) is 41.5 Å². The number of methoxy groups -OCH3 is 1. The molecule has 27 heavy (non-hydrogen) atoms. The van der Waals surface area contributed by atoms with Crippen LogP contribution < -0.4 is 10.5 Å². The number of nitrogen functional groups attached to an aromatic ring is 1. The summed E-state index contributed by atoms with van der Waals surface area (Å²) < 4.78 is 7.14. The van der Waals surface area contributed by atoms with E-state index in [-0.39, 0.29) is 6.61 Å². The molecule has 0 saturated heterocycles. The van der Waals surface area contributed by atoms with Crippen LogP contribution in [0.3, 0.4) is 0 Å². The van der Waals surface area contributed by atoms with E-state index < -0.39 is 0 Å². The predicted molar refractivity (Wildman–Crippen MR) is 106 cm³/mol. The first kappa shape index (κ1) is 17.3. The number of benzene rings is 1. The zero-order valence-corrected chi connectivity index (χ0v) is 15.3. The molecule has 0 radical (unpaired) electrons. The van der Waals surface area contributed by atoms with Crippen LogP contribution in [0.4, 0.5) is 5.69 Å². The van der Waals surface area contributed by atoms with Crippen LogP contribution in [0.2, 0.25) is 5.02 Å². The number of halogens is 1. The van der Waals surface area contributed by atoms with Gasteiger partial charge in [-0.2, -0.15) is 0 Å². The number of ether oxygens (including phenoxy) is 1. The van der Waals surface area contributed by atoms with Gasteiger partial charge in [-0.15, -0.1) is 0 Å². The van der Waals surface area contributed by atoms with Gasteiger partial charge in [-0.1, -0.05) is 11.6 Å². The summed E-state index contributed by atoms with van der Waals surface area (Å²) in [6, 6.07) is 9.30. The summed E-state index contributed by atoms with van der Waals surface area (Å²) in [4.78, 5) is 8.83. The molecule has 0 aliphatic carbocycles. The third-order valence-electron chi connectivity index (χ3n) is 4.38. The van der Waals surface area contributed by atoms with Crippen molar-refractivity contribution in [3.05, 3.63) is 65.7 Å². The fourth-order valence-corrected chi connectivity index (χ4v) is 3.27. The first-order chi connectivity index (χ1) is 13.1. The van der Waals surface area contributed by atoms with Gasteiger partial charge in [0, 0.05) is 35.9 Å². The number of hydrogen-bond acceptors (Lipinski definition) is 5. The zero-order valence-electron chi connectivity index (χ0n) is 14.6. The Labute approximate surface area is 160 Å². The molecule has 6 nitrogen and oxygen atoms in total. The SMILES string of the molecule is COc1cc(CO)c(-c2cn3ccc(-c4cncc(N)c4)cc3n2)cc1Cl. The third-order valence-corrected chi connectivity index (χ3v) is 4.67. The van der Waals surface area contributed by atoms with E-state index in [1.807, 2.05) is 35.0 Å². The van der Waals surface area contributed by atoms with E-state index in [0.717, 1.165) is 22.3 Å². The van der Waals surface area contributed by atoms with Gasteiger partial charge in [-0.25, -0.2) is 4.98 Å². The van der Waals surface area contributed by atoms with Crippen molar-refractivity contribution < 1.29 is 9.84 Å². The van der Waals surface area contributed by atoms with Crippen molar-refractivity contribution in [2.45, 2.75) is 6.61 Å². The highest BCUT2D eigenvalue weighted by atomic mass is 35.5. The standard InChI is InChI=1S/C20H17ClN4O2/c1-27-19-5-14(11-26)16(7-17(19)21)18-10-25-3-2-12(6-20(25)24-18)13-4-15(22)9-23-8-13/h2-10,26H,11,22H2,1H3. The summed E-state index contributed by atoms with van der Waals surface area (Å²) in [7, 11) is 1.54. The van der Waals surface area contributed by atoms with Crippen LogP contribution in [0.1, 0.15) is 5.56 Å². The molecule has 0 aliphatic heterocycles. The molecule has 0 bridgehead atoms. The van der Waals surface area contributed by atoms with Gasteiger partial charge < -0.3 is 20.0 Å². The monoisotopic (exact) mass is 380 g/mol. The smallest absolute Gasteiger partial charge is 0.138 e. The van der Waals surface area contributed by atoms with Crippen LogP contribution in [0.25, 0.3) is 28.0 Å². The second kappa shape index (κ2) is 6.90. The van der Waals surface area contributed by atoms with Gasteiger partial charge in [0.25, 0.3) is 0 Å². The Morgan fingerprint density at radius 2 is 2.04 bits per heavy atom. The van der Waals surface area contributed by atoms with Gasteiger partial charge in [0.1, 0.15) is 11.4 Å². The van der Waals surface area contributed by atoms with Gasteiger partial charge in [0.2, 0.25) is 0 Å². The van der Waals surface area contributed by atoms with E-state index in [2.05, 4.69) is 4.98 Å². The van der Waals surface area contributed by atoms with Crippen LogP contribution in [0, 0.1) is 0 Å². The van der Waals surface area contributed by atoms with Crippen molar-refractivity contribution in [3.63, 3.8) is 0 Å². The Kier molecular flexibility index (Phi) is 4.43. The fourth-order valence-electron chi connectivity index (χ4n) is 3.03. The lowest BCUT2D eigenvalue weighted by Gasteiger charge is -2.09. The molecule has 0 amide bonds. The highest BCUT2D eigenvalue weighted by molar-refractivity contribution is 6.32. The van der Waals surface area contributed by atoms with Gasteiger partial charge in [0.15, 0.2) is 0 Å². The number of fused-ring (bicyclic) bond motifs is 1. The predicted octanol–water partition coefficient (Wildman–Crippen LogP) is 3.80. The first-order valence-electron chi connectivity index (χ1n) is 8.26. The van der Waals surface area contributed by atoms with Crippen LogP contribution in [-0.2, 0) is 6.61 Å². The average Bonchev–Trinajstić information content (AvgIpc) is 3.11. The zero-order chi connectivity index (χ0) is 19.0. The van der Waals surface area contributed by atoms with Gasteiger partial charge >= 0.3 is 0 Å². The summed E-state index contributed by atoms with van der Waals surface area (Å²) in [5.74, 6) is 0.518. The number of aliphatic hydroxyl groups is 1. The van der Waals surface area contributed by atoms with E-state index in [4.69, 9.17) is 27.1 Å². The lowest BCUT2D eigenvalue weighted by atomic mass is 10.1. The number of aliphatic hydroxyl groups excluding tert-OH is 1. The third kappa shape index (κ3) is 3.20. The highest BCUT2D eigenvalue weighted by Crippen LogP contribution is 2.34. The molecule has 0 saturated carbocycles. The normalized spacial score (nSPS) is 11.1. The molecule has 3 N–H and O–H groups in total. The second-order valence-electron chi connectivity index (χ2n) is 6.12. The summed E-state index contributed by atoms with van der Waals surface area (Å²) >= 11 is 6.27. The molecule has 0 atom stereocenters. The Balaban J connectivity index is 1.82. The quantitative estimate of drug-likeness (QED) is 0.562. The van der Waals surface area contributed by atoms with E-state index in [1.54, 1.807) is 31.6 Å². The van der Waals surface area contributed by atoms with E-state index >= 15 is 0 Å². The molecule has 3 heterocycles. The second-order valence-corrected chi connectivity index (χ2v) is 6.52. The number of pyridine rings is 2. The maximum absolute atomic E-state index is 9.73. The van der Waals surface area contributed by atoms with E-state index in [0.29, 0.717) is 27.7 Å². The van der Waals surface area contributed by atoms with E-state index in [1.165, 1.54) is 0 Å². The minimum atomic E-state index is -0.142. The topological polar surface area (TPSA) is 85.7 Å². The number of rotatable bonds is 4. The maximum Gasteiger partial charge on any atom is 0.138 e. The molecule has 3 aromatic heterocycles. The largest absolute Gasteiger partial charge is 0.495 e. The van der Waals surface area contributed by atoms with Crippen molar-refractivity contribution >= 4 is 22.9 Å². The number of imidazole rings is 1. The molecule has 0 fully saturated rings. The fraction of sp³-hybridized carbons (Fsp3) is 0.100. The Bertz CT molecular complexity index is 1140. The summed E-state index contributed by atoms with van der Waals surface area (Å²) in [5.41, 5.74) is 11.3. The van der Waals surface area contributed by atoms with Crippen molar-refractivity contribution in [1.29, 1.82) is 0 Å². The highest BCUT2D eigenvalue weighted by Gasteiger charge is 2.14. The number of nitrogens with two attached hydrogens (primary N) is 1. The number of hydrogen-bond donors (Lipinski definition) is 2. The van der Waals surface area contributed by atoms with Gasteiger partial charge in [0.05, 0.1) is 30.1 Å². The molecule has 0 spiro atoms. The van der Waals surface area contributed by atoms with Crippen molar-refractivity contribution in [2.75, 3.05) is 12.8 Å². The minimum absolute atomic E-state index is 0.142. The summed E-state index contributed by atoms with van der Waals surface area (Å²) in [6.07, 6.45) is 7.20. The summed E-state index contributed by atoms with van der Waals surface area (Å²) in [5, 5.41) is 10.2. The molecule has 7 heteroatoms. The lowest BCUT2D eigenvalue weighted by Crippen LogP contribution is -1.93. The molecule has 0 aliphatic rings. The molecule has 1 aromatic carbocycles. The molecular formula is C20H17ClN4O2. The molecule has 4 rings (SSSR count). The number of aromatic nitrogens is 3. The molecular weight excluding hydrogens is 364 g/mol. The molecule has 4 aromatic rings. The van der Waals surface area contributed by atoms with Crippen LogP contribution in [-0.4, -0.2) is 26.6 Å². The number of anilines is 1. The Hall–Kier alpha value is -3.09. The molecule has 136 valence electrons. The first-order valence-corrected chi connectivity index (χ1v) is 8.64. The van der Waals surface area contributed by atoms with Crippen molar-refractivity contribution in [2.24, 2.45) is 0 Å². The van der Waals surface area contributed by atoms with E-state index in [9.17, 15) is 5.11 Å².